The zero-order chi connectivity index (χ0) is 80.7. The van der Waals surface area contributed by atoms with Crippen LogP contribution in [-0.4, -0.2) is 323 Å². The van der Waals surface area contributed by atoms with E-state index >= 15 is 4.79 Å². The van der Waals surface area contributed by atoms with Crippen LogP contribution >= 0.6 is 0 Å². The van der Waals surface area contributed by atoms with Gasteiger partial charge in [0.25, 0.3) is 0 Å². The number of rotatable bonds is 31. The highest BCUT2D eigenvalue weighted by molar-refractivity contribution is 5.79. The van der Waals surface area contributed by atoms with Crippen LogP contribution in [0.25, 0.3) is 0 Å². The number of ketones is 1. The van der Waals surface area contributed by atoms with E-state index in [0.29, 0.717) is 96.3 Å². The van der Waals surface area contributed by atoms with Crippen molar-refractivity contribution in [3.05, 3.63) is 11.6 Å². The first-order chi connectivity index (χ1) is 52.5. The predicted molar refractivity (Wildman–Crippen MR) is 381 cm³/mol. The molecule has 0 aromatic carbocycles. The summed E-state index contributed by atoms with van der Waals surface area (Å²) in [5, 5.41) is 184. The van der Waals surface area contributed by atoms with Crippen LogP contribution in [0.4, 0.5) is 0 Å². The Morgan fingerprint density at radius 1 is 0.514 bits per heavy atom. The van der Waals surface area contributed by atoms with E-state index in [4.69, 9.17) is 61.6 Å². The summed E-state index contributed by atoms with van der Waals surface area (Å²) in [6, 6.07) is 0. The van der Waals surface area contributed by atoms with E-state index in [1.165, 1.54) is 6.92 Å². The van der Waals surface area contributed by atoms with Crippen LogP contribution in [-0.2, 0) is 76.0 Å². The van der Waals surface area contributed by atoms with Crippen molar-refractivity contribution < 1.29 is 163 Å². The van der Waals surface area contributed by atoms with E-state index in [9.17, 15) is 96.4 Å². The quantitative estimate of drug-likeness (QED) is 0.0177. The number of hydrogen-bond acceptors (Lipinski definition) is 33. The van der Waals surface area contributed by atoms with E-state index in [0.717, 1.165) is 37.7 Å². The van der Waals surface area contributed by atoms with Crippen molar-refractivity contribution in [3.8, 4) is 0 Å². The van der Waals surface area contributed by atoms with Gasteiger partial charge in [-0.2, -0.15) is 0 Å². The number of esters is 2. The van der Waals surface area contributed by atoms with E-state index in [1.54, 1.807) is 0 Å². The van der Waals surface area contributed by atoms with Gasteiger partial charge >= 0.3 is 11.9 Å². The Balaban J connectivity index is 0.792. The Labute approximate surface area is 648 Å². The fourth-order valence-corrected chi connectivity index (χ4v) is 20.9. The Kier molecular flexibility index (Phi) is 29.2. The van der Waals surface area contributed by atoms with E-state index < -0.39 is 250 Å². The summed E-state index contributed by atoms with van der Waals surface area (Å²) in [5.74, 6) is -2.00. The van der Waals surface area contributed by atoms with Crippen LogP contribution in [0.3, 0.4) is 0 Å². The van der Waals surface area contributed by atoms with Gasteiger partial charge in [-0.1, -0.05) is 91.7 Å². The minimum atomic E-state index is -2.24. The van der Waals surface area contributed by atoms with Crippen molar-refractivity contribution >= 4 is 17.7 Å². The lowest BCUT2D eigenvalue weighted by Gasteiger charge is -2.72. The maximum atomic E-state index is 16.2. The molecule has 0 bridgehead atoms. The molecule has 0 amide bonds. The third-order valence-corrected chi connectivity index (χ3v) is 28.0. The average molecular weight is 1590 g/mol. The molecule has 33 nitrogen and oxygen atoms in total. The summed E-state index contributed by atoms with van der Waals surface area (Å²) in [5.41, 5.74) is -5.45. The maximum absolute atomic E-state index is 16.2. The molecule has 35 atom stereocenters. The lowest BCUT2D eigenvalue weighted by molar-refractivity contribution is -0.376. The van der Waals surface area contributed by atoms with Gasteiger partial charge in [0.05, 0.1) is 70.0 Å². The number of aliphatic hydroxyl groups is 17. The second-order valence-electron chi connectivity index (χ2n) is 35.8. The number of allylic oxidation sites excluding steroid dienone is 2. The van der Waals surface area contributed by atoms with Crippen molar-refractivity contribution in [2.75, 3.05) is 52.9 Å². The molecule has 0 spiro atoms. The molecular formula is C78H128O33. The molecule has 6 saturated heterocycles. The highest BCUT2D eigenvalue weighted by Crippen LogP contribution is 2.76. The average Bonchev–Trinajstić information content (AvgIpc) is 0.918. The fraction of sp³-hybridized carbons (Fsp3) is 0.936. The molecule has 11 aliphatic rings. The molecule has 0 aromatic heterocycles. The van der Waals surface area contributed by atoms with Gasteiger partial charge in [-0.05, 0) is 130 Å². The predicted octanol–water partition coefficient (Wildman–Crippen LogP) is -0.674. The maximum Gasteiger partial charge on any atom is 0.315 e. The molecule has 0 unspecified atom stereocenters. The normalized spacial score (nSPS) is 47.7. The summed E-state index contributed by atoms with van der Waals surface area (Å²) in [4.78, 5) is 43.1. The molecule has 6 heterocycles. The molecule has 6 aliphatic heterocycles. The lowest BCUT2D eigenvalue weighted by atomic mass is 9.33. The van der Waals surface area contributed by atoms with Crippen LogP contribution in [0, 0.1) is 50.2 Å². The largest absolute Gasteiger partial charge is 0.457 e. The zero-order valence-electron chi connectivity index (χ0n) is 65.2. The van der Waals surface area contributed by atoms with Crippen LogP contribution < -0.4 is 0 Å². The first-order valence-corrected chi connectivity index (χ1v) is 40.5. The minimum Gasteiger partial charge on any atom is -0.457 e. The fourth-order valence-electron chi connectivity index (χ4n) is 20.9. The van der Waals surface area contributed by atoms with Crippen molar-refractivity contribution in [2.45, 2.75) is 355 Å². The number of unbranched alkanes of at least 4 members (excludes halogenated alkanes) is 8. The molecule has 10 fully saturated rings. The number of fused-ring (bicyclic) bond motifs is 7. The Hall–Kier alpha value is -2.77. The highest BCUT2D eigenvalue weighted by Gasteiger charge is 2.72. The van der Waals surface area contributed by atoms with Crippen LogP contribution in [0.2, 0.25) is 0 Å². The molecular weight excluding hydrogens is 1460 g/mol. The van der Waals surface area contributed by atoms with E-state index in [-0.39, 0.29) is 49.1 Å². The number of carbonyl (C=O) groups excluding carboxylic acids is 3. The van der Waals surface area contributed by atoms with Gasteiger partial charge < -0.3 is 148 Å². The third kappa shape index (κ3) is 17.9. The molecule has 4 saturated carbocycles. The molecule has 0 aromatic rings. The third-order valence-electron chi connectivity index (χ3n) is 28.0. The molecule has 11 rings (SSSR count). The second kappa shape index (κ2) is 36.4. The summed E-state index contributed by atoms with van der Waals surface area (Å²) >= 11 is 0. The monoisotopic (exact) mass is 1590 g/mol. The van der Waals surface area contributed by atoms with Crippen molar-refractivity contribution in [1.82, 2.24) is 0 Å². The van der Waals surface area contributed by atoms with Crippen LogP contribution in [0.5, 0.6) is 0 Å². The van der Waals surface area contributed by atoms with Crippen LogP contribution in [0.1, 0.15) is 190 Å². The molecule has 111 heavy (non-hydrogen) atoms. The Morgan fingerprint density at radius 2 is 1.09 bits per heavy atom. The first-order valence-electron chi connectivity index (χ1n) is 40.5. The first kappa shape index (κ1) is 89.0. The number of ether oxygens (including phenoxy) is 13. The van der Waals surface area contributed by atoms with Crippen molar-refractivity contribution in [1.29, 1.82) is 0 Å². The zero-order valence-corrected chi connectivity index (χ0v) is 65.2. The van der Waals surface area contributed by atoms with Gasteiger partial charge in [0.2, 0.25) is 6.29 Å². The van der Waals surface area contributed by atoms with Gasteiger partial charge in [0.1, 0.15) is 103 Å². The topological polar surface area (TPSA) is 515 Å². The lowest BCUT2D eigenvalue weighted by Crippen LogP contribution is -2.69. The van der Waals surface area contributed by atoms with Gasteiger partial charge in [-0.15, -0.1) is 0 Å². The summed E-state index contributed by atoms with van der Waals surface area (Å²) in [6.07, 6.45) is -26.3. The number of aliphatic hydroxyl groups excluding tert-OH is 16. The van der Waals surface area contributed by atoms with Crippen molar-refractivity contribution in [3.63, 3.8) is 0 Å². The Morgan fingerprint density at radius 3 is 1.74 bits per heavy atom. The smallest absolute Gasteiger partial charge is 0.315 e. The number of hydrogen-bond donors (Lipinski definition) is 17. The summed E-state index contributed by atoms with van der Waals surface area (Å²) in [6.45, 7) is 10.8. The highest BCUT2D eigenvalue weighted by atomic mass is 16.8. The van der Waals surface area contributed by atoms with E-state index in [1.807, 2.05) is 6.92 Å². The van der Waals surface area contributed by atoms with Gasteiger partial charge in [-0.25, -0.2) is 0 Å². The van der Waals surface area contributed by atoms with Crippen molar-refractivity contribution in [2.24, 2.45) is 50.2 Å². The second-order valence-corrected chi connectivity index (χ2v) is 35.8. The van der Waals surface area contributed by atoms with Gasteiger partial charge in [0, 0.05) is 31.3 Å². The van der Waals surface area contributed by atoms with Gasteiger partial charge in [0.15, 0.2) is 43.7 Å². The summed E-state index contributed by atoms with van der Waals surface area (Å²) < 4.78 is 79.0. The molecule has 33 heteroatoms. The molecule has 0 radical (unpaired) electrons. The van der Waals surface area contributed by atoms with Gasteiger partial charge in [-0.3, -0.25) is 14.4 Å². The molecule has 638 valence electrons. The molecule has 17 N–H and O–H groups in total. The number of Topliss-reactive ketones (excluding diaryl/α,β-unsaturated/α-hetero) is 1. The number of carbonyl (C=O) groups is 3. The van der Waals surface area contributed by atoms with E-state index in [2.05, 4.69) is 40.7 Å². The molecule has 5 aliphatic carbocycles. The Bertz CT molecular complexity index is 3090. The standard InChI is InChI=1S/C78H128O33/c1-39-60(107-66-57(93)52(88)45(85)34-101-66)55(91)59(95)67(104-39)109-62-61(108-70-63(96)78(98,37-81)38-103-70)47(105-50(86)20-16-11-9-8-10-14-18-40(82)19-15-12-13-17-29-99-65-56(92)51(87)44(84)33-100-65)35-102-69(62)111-71(97)77-27-25-72(2,3)30-42(77)41-21-22-49-73(4)31-43(83)64(110-68-58(94)54(90)53(89)46(32-79)106-68)74(5,36-80)48(73)23-24-76(49,7)75(41,6)26-28-77/h21,39,42-49,51-70,79-81,83-85,87-96,98H,8-20,22-38H2,1-7H3/t39-,42-,43-,44+,45+,46+,47-,48+,49+,51-,52-,53+,54-,55-,56+,57+,58+,59+,60-,61-,62+,63-,64-,65+,66-,67-,68-,69-,70-,73-,74-,75+,76+,77-,78+/m0/s1. The SMILES string of the molecule is C[C@@H]1O[C@@H](O[C@H]2[C@H](OC(=O)[C@]34CCC(C)(C)C[C@H]3C3=CC[C@@H]5[C@@]6(C)C[C@H](O)[C@H](O[C@@H]7O[C@H](CO)[C@@H](O)[C@H](O)[C@H]7O)[C@@](C)(CO)[C@@H]6CC[C@@]5(C)[C@]3(C)CC4)OC[C@H](OC(=O)CCCCCCCCC(=O)CCCCCCO[C@@H]3OC[C@@H](O)[C@H](O)[C@H]3O)[C@@H]2O[C@@H]2OC[C@](O)(CO)[C@H]2O)[C@H](O)[C@H](O)[C@H]1O[C@@H]1OC[C@@H](O)[C@H](O)[C@H]1O. The van der Waals surface area contributed by atoms with Crippen LogP contribution in [0.15, 0.2) is 11.6 Å². The summed E-state index contributed by atoms with van der Waals surface area (Å²) in [7, 11) is 0. The minimum absolute atomic E-state index is 0.0917.